The predicted octanol–water partition coefficient (Wildman–Crippen LogP) is 2.50. The van der Waals surface area contributed by atoms with Crippen molar-refractivity contribution in [2.75, 3.05) is 0 Å². The van der Waals surface area contributed by atoms with E-state index in [1.165, 1.54) is 24.3 Å². The van der Waals surface area contributed by atoms with E-state index in [0.717, 1.165) is 18.6 Å². The Morgan fingerprint density at radius 2 is 2.00 bits per heavy atom. The molecule has 96 valence electrons. The number of nitro groups is 1. The van der Waals surface area contributed by atoms with Gasteiger partial charge in [-0.2, -0.15) is 5.10 Å². The molecule has 6 heteroatoms. The number of amides is 1. The van der Waals surface area contributed by atoms with Gasteiger partial charge >= 0.3 is 0 Å². The Balaban J connectivity index is 2.67. The molecule has 1 rings (SSSR count). The highest BCUT2D eigenvalue weighted by Crippen LogP contribution is 2.11. The van der Waals surface area contributed by atoms with E-state index in [1.807, 2.05) is 13.8 Å². The largest absolute Gasteiger partial charge is 0.271 e. The van der Waals surface area contributed by atoms with E-state index in [4.69, 9.17) is 0 Å². The Kier molecular flexibility index (Phi) is 4.98. The van der Waals surface area contributed by atoms with Crippen LogP contribution in [0.2, 0.25) is 0 Å². The summed E-state index contributed by atoms with van der Waals surface area (Å²) in [5.41, 5.74) is 3.55. The monoisotopic (exact) mass is 249 g/mol. The van der Waals surface area contributed by atoms with Crippen molar-refractivity contribution in [1.29, 1.82) is 0 Å². The van der Waals surface area contributed by atoms with Crippen molar-refractivity contribution in [1.82, 2.24) is 5.43 Å². The van der Waals surface area contributed by atoms with E-state index >= 15 is 0 Å². The normalized spacial score (nSPS) is 11.1. The van der Waals surface area contributed by atoms with Gasteiger partial charge in [0.15, 0.2) is 0 Å². The van der Waals surface area contributed by atoms with Gasteiger partial charge in [-0.05, 0) is 25.5 Å². The molecule has 0 aliphatic carbocycles. The third-order valence-corrected chi connectivity index (χ3v) is 2.30. The fraction of sp³-hybridized carbons (Fsp3) is 0.333. The number of hydrogen-bond acceptors (Lipinski definition) is 4. The zero-order valence-corrected chi connectivity index (χ0v) is 10.3. The zero-order valence-electron chi connectivity index (χ0n) is 10.3. The molecular formula is C12H15N3O3. The SMILES string of the molecule is CCCC(C)=NNC(=O)c1ccc([N+](=O)[O-])cc1. The van der Waals surface area contributed by atoms with Crippen LogP contribution in [0.25, 0.3) is 0 Å². The summed E-state index contributed by atoms with van der Waals surface area (Å²) in [7, 11) is 0. The lowest BCUT2D eigenvalue weighted by Crippen LogP contribution is -2.18. The van der Waals surface area contributed by atoms with Crippen LogP contribution in [-0.2, 0) is 0 Å². The molecule has 0 atom stereocenters. The van der Waals surface area contributed by atoms with Gasteiger partial charge < -0.3 is 0 Å². The van der Waals surface area contributed by atoms with Crippen molar-refractivity contribution in [2.24, 2.45) is 5.10 Å². The maximum Gasteiger partial charge on any atom is 0.271 e. The molecule has 1 N–H and O–H groups in total. The van der Waals surface area contributed by atoms with Gasteiger partial charge in [-0.25, -0.2) is 5.43 Å². The molecular weight excluding hydrogens is 234 g/mol. The number of benzene rings is 1. The Morgan fingerprint density at radius 3 is 2.50 bits per heavy atom. The maximum absolute atomic E-state index is 11.6. The summed E-state index contributed by atoms with van der Waals surface area (Å²) in [6.45, 7) is 3.86. The summed E-state index contributed by atoms with van der Waals surface area (Å²) in [6.07, 6.45) is 1.78. The molecule has 0 heterocycles. The minimum absolute atomic E-state index is 0.0442. The number of hydrazone groups is 1. The Bertz CT molecular complexity index is 466. The van der Waals surface area contributed by atoms with Crippen LogP contribution in [0.1, 0.15) is 37.0 Å². The van der Waals surface area contributed by atoms with Gasteiger partial charge in [-0.1, -0.05) is 13.3 Å². The number of carbonyl (C=O) groups excluding carboxylic acids is 1. The van der Waals surface area contributed by atoms with E-state index in [9.17, 15) is 14.9 Å². The smallest absolute Gasteiger partial charge is 0.267 e. The van der Waals surface area contributed by atoms with Crippen molar-refractivity contribution in [2.45, 2.75) is 26.7 Å². The Labute approximate surface area is 105 Å². The van der Waals surface area contributed by atoms with Crippen molar-refractivity contribution >= 4 is 17.3 Å². The molecule has 0 saturated heterocycles. The number of rotatable bonds is 5. The van der Waals surface area contributed by atoms with Crippen LogP contribution in [-0.4, -0.2) is 16.5 Å². The summed E-state index contributed by atoms with van der Waals surface area (Å²) in [5, 5.41) is 14.4. The molecule has 6 nitrogen and oxygen atoms in total. The van der Waals surface area contributed by atoms with Gasteiger partial charge in [0.25, 0.3) is 11.6 Å². The Hall–Kier alpha value is -2.24. The molecule has 0 fully saturated rings. The fourth-order valence-corrected chi connectivity index (χ4v) is 1.36. The quantitative estimate of drug-likeness (QED) is 0.494. The van der Waals surface area contributed by atoms with Crippen LogP contribution in [0.4, 0.5) is 5.69 Å². The molecule has 0 aliphatic rings. The van der Waals surface area contributed by atoms with E-state index in [2.05, 4.69) is 10.5 Å². The van der Waals surface area contributed by atoms with Gasteiger partial charge in [0.05, 0.1) is 4.92 Å². The minimum Gasteiger partial charge on any atom is -0.267 e. The second kappa shape index (κ2) is 6.48. The van der Waals surface area contributed by atoms with Crippen molar-refractivity contribution in [3.63, 3.8) is 0 Å². The highest BCUT2D eigenvalue weighted by atomic mass is 16.6. The molecule has 0 aliphatic heterocycles. The summed E-state index contributed by atoms with van der Waals surface area (Å²) >= 11 is 0. The van der Waals surface area contributed by atoms with Gasteiger partial charge in [-0.15, -0.1) is 0 Å². The van der Waals surface area contributed by atoms with E-state index < -0.39 is 4.92 Å². The summed E-state index contributed by atoms with van der Waals surface area (Å²) in [6, 6.07) is 5.38. The number of carbonyl (C=O) groups is 1. The lowest BCUT2D eigenvalue weighted by molar-refractivity contribution is -0.384. The van der Waals surface area contributed by atoms with Crippen molar-refractivity contribution in [3.05, 3.63) is 39.9 Å². The minimum atomic E-state index is -0.509. The van der Waals surface area contributed by atoms with E-state index in [1.54, 1.807) is 0 Å². The van der Waals surface area contributed by atoms with Crippen LogP contribution in [0.5, 0.6) is 0 Å². The molecule has 0 bridgehead atoms. The highest BCUT2D eigenvalue weighted by Gasteiger charge is 2.08. The van der Waals surface area contributed by atoms with Crippen LogP contribution in [0.3, 0.4) is 0 Å². The molecule has 0 unspecified atom stereocenters. The number of nitro benzene ring substituents is 1. The fourth-order valence-electron chi connectivity index (χ4n) is 1.36. The first-order valence-corrected chi connectivity index (χ1v) is 5.62. The lowest BCUT2D eigenvalue weighted by Gasteiger charge is -2.01. The Morgan fingerprint density at radius 1 is 1.39 bits per heavy atom. The average molecular weight is 249 g/mol. The predicted molar refractivity (Wildman–Crippen MR) is 68.6 cm³/mol. The molecule has 1 aromatic rings. The molecule has 0 spiro atoms. The molecule has 1 amide bonds. The van der Waals surface area contributed by atoms with Gasteiger partial charge in [0, 0.05) is 23.4 Å². The molecule has 0 saturated carbocycles. The van der Waals surface area contributed by atoms with Crippen molar-refractivity contribution < 1.29 is 9.72 Å². The van der Waals surface area contributed by atoms with Gasteiger partial charge in [0.1, 0.15) is 0 Å². The number of nitrogens with one attached hydrogen (secondary N) is 1. The molecule has 0 radical (unpaired) electrons. The second-order valence-electron chi connectivity index (χ2n) is 3.84. The van der Waals surface area contributed by atoms with Gasteiger partial charge in [-0.3, -0.25) is 14.9 Å². The maximum atomic E-state index is 11.6. The van der Waals surface area contributed by atoms with Crippen molar-refractivity contribution in [3.8, 4) is 0 Å². The summed E-state index contributed by atoms with van der Waals surface area (Å²) < 4.78 is 0. The van der Waals surface area contributed by atoms with Gasteiger partial charge in [0.2, 0.25) is 0 Å². The first kappa shape index (κ1) is 13.8. The summed E-state index contributed by atoms with van der Waals surface area (Å²) in [4.78, 5) is 21.6. The molecule has 1 aromatic carbocycles. The third-order valence-electron chi connectivity index (χ3n) is 2.30. The second-order valence-corrected chi connectivity index (χ2v) is 3.84. The first-order chi connectivity index (χ1) is 8.54. The summed E-state index contributed by atoms with van der Waals surface area (Å²) in [5.74, 6) is -0.375. The van der Waals surface area contributed by atoms with Crippen LogP contribution >= 0.6 is 0 Å². The third kappa shape index (κ3) is 3.97. The number of hydrogen-bond donors (Lipinski definition) is 1. The zero-order chi connectivity index (χ0) is 13.5. The van der Waals surface area contributed by atoms with Crippen LogP contribution in [0, 0.1) is 10.1 Å². The standard InChI is InChI=1S/C12H15N3O3/c1-3-4-9(2)13-14-12(16)10-5-7-11(8-6-10)15(17)18/h5-8H,3-4H2,1-2H3,(H,14,16). The number of nitrogens with zero attached hydrogens (tertiary/aromatic N) is 2. The molecule has 0 aromatic heterocycles. The van der Waals surface area contributed by atoms with E-state index in [0.29, 0.717) is 5.56 Å². The van der Waals surface area contributed by atoms with Crippen LogP contribution < -0.4 is 5.43 Å². The highest BCUT2D eigenvalue weighted by molar-refractivity contribution is 5.95. The number of non-ortho nitro benzene ring substituents is 1. The van der Waals surface area contributed by atoms with E-state index in [-0.39, 0.29) is 11.6 Å². The molecule has 18 heavy (non-hydrogen) atoms. The van der Waals surface area contributed by atoms with Crippen LogP contribution in [0.15, 0.2) is 29.4 Å². The first-order valence-electron chi connectivity index (χ1n) is 5.62. The topological polar surface area (TPSA) is 84.6 Å². The average Bonchev–Trinajstić information content (AvgIpc) is 2.36. The lowest BCUT2D eigenvalue weighted by atomic mass is 10.2.